The first-order valence-electron chi connectivity index (χ1n) is 6.31. The molecule has 0 aliphatic carbocycles. The van der Waals surface area contributed by atoms with Crippen LogP contribution in [0.25, 0.3) is 17.5 Å². The van der Waals surface area contributed by atoms with Gasteiger partial charge in [0.15, 0.2) is 5.82 Å². The lowest BCUT2D eigenvalue weighted by Gasteiger charge is -2.06. The molecule has 0 aromatic carbocycles. The minimum Gasteiger partial charge on any atom is -0.462 e. The number of nitrogens with zero attached hydrogens (tertiary/aromatic N) is 4. The molecule has 0 saturated heterocycles. The van der Waals surface area contributed by atoms with Crippen LogP contribution in [0.4, 0.5) is 0 Å². The average Bonchev–Trinajstić information content (AvgIpc) is 2.86. The number of ether oxygens (including phenoxy) is 1. The van der Waals surface area contributed by atoms with E-state index in [-0.39, 0.29) is 0 Å². The summed E-state index contributed by atoms with van der Waals surface area (Å²) in [5.74, 6) is 0.109. The van der Waals surface area contributed by atoms with Crippen molar-refractivity contribution in [3.63, 3.8) is 0 Å². The van der Waals surface area contributed by atoms with Gasteiger partial charge < -0.3 is 4.74 Å². The number of allylic oxidation sites excluding steroid dienone is 1. The predicted molar refractivity (Wildman–Crippen MR) is 74.9 cm³/mol. The van der Waals surface area contributed by atoms with E-state index in [0.717, 1.165) is 5.56 Å². The lowest BCUT2D eigenvalue weighted by atomic mass is 10.2. The SMILES string of the molecule is C/C=C/c1nc(-c2cnn(C)c2)ncc1C(=O)OCC. The topological polar surface area (TPSA) is 69.9 Å². The van der Waals surface area contributed by atoms with Crippen molar-refractivity contribution in [2.45, 2.75) is 13.8 Å². The molecule has 2 aromatic heterocycles. The van der Waals surface area contributed by atoms with Crippen molar-refractivity contribution >= 4 is 12.0 Å². The quantitative estimate of drug-likeness (QED) is 0.797. The molecule has 0 bridgehead atoms. The molecule has 0 amide bonds. The van der Waals surface area contributed by atoms with Crippen LogP contribution in [-0.2, 0) is 11.8 Å². The van der Waals surface area contributed by atoms with Crippen molar-refractivity contribution in [2.75, 3.05) is 6.61 Å². The molecule has 0 aliphatic heterocycles. The molecule has 0 fully saturated rings. The van der Waals surface area contributed by atoms with Crippen LogP contribution in [0.5, 0.6) is 0 Å². The molecule has 104 valence electrons. The summed E-state index contributed by atoms with van der Waals surface area (Å²) in [6.45, 7) is 3.94. The van der Waals surface area contributed by atoms with E-state index in [1.54, 1.807) is 23.9 Å². The fourth-order valence-corrected chi connectivity index (χ4v) is 1.72. The summed E-state index contributed by atoms with van der Waals surface area (Å²) in [4.78, 5) is 20.4. The summed E-state index contributed by atoms with van der Waals surface area (Å²) in [6, 6.07) is 0. The van der Waals surface area contributed by atoms with Crippen molar-refractivity contribution in [1.82, 2.24) is 19.7 Å². The lowest BCUT2D eigenvalue weighted by molar-refractivity contribution is 0.0525. The van der Waals surface area contributed by atoms with Gasteiger partial charge in [-0.1, -0.05) is 6.08 Å². The van der Waals surface area contributed by atoms with Gasteiger partial charge in [0, 0.05) is 19.4 Å². The molecular weight excluding hydrogens is 256 g/mol. The molecule has 0 radical (unpaired) electrons. The van der Waals surface area contributed by atoms with Gasteiger partial charge in [-0.25, -0.2) is 14.8 Å². The number of hydrogen-bond acceptors (Lipinski definition) is 5. The molecule has 2 rings (SSSR count). The summed E-state index contributed by atoms with van der Waals surface area (Å²) >= 11 is 0. The van der Waals surface area contributed by atoms with E-state index in [0.29, 0.717) is 23.7 Å². The number of carbonyl (C=O) groups is 1. The predicted octanol–water partition coefficient (Wildman–Crippen LogP) is 2.09. The first-order chi connectivity index (χ1) is 9.65. The number of aryl methyl sites for hydroxylation is 1. The molecule has 2 heterocycles. The highest BCUT2D eigenvalue weighted by Gasteiger charge is 2.15. The monoisotopic (exact) mass is 272 g/mol. The van der Waals surface area contributed by atoms with Crippen LogP contribution >= 0.6 is 0 Å². The zero-order valence-corrected chi connectivity index (χ0v) is 11.7. The Morgan fingerprint density at radius 2 is 2.25 bits per heavy atom. The van der Waals surface area contributed by atoms with Crippen LogP contribution in [0.3, 0.4) is 0 Å². The fourth-order valence-electron chi connectivity index (χ4n) is 1.72. The van der Waals surface area contributed by atoms with Crippen molar-refractivity contribution in [3.05, 3.63) is 35.9 Å². The molecule has 20 heavy (non-hydrogen) atoms. The van der Waals surface area contributed by atoms with Gasteiger partial charge in [0.1, 0.15) is 5.56 Å². The van der Waals surface area contributed by atoms with Gasteiger partial charge in [0.25, 0.3) is 0 Å². The molecule has 2 aromatic rings. The molecule has 0 saturated carbocycles. The molecule has 6 nitrogen and oxygen atoms in total. The minimum absolute atomic E-state index is 0.318. The van der Waals surface area contributed by atoms with E-state index in [9.17, 15) is 4.79 Å². The Bertz CT molecular complexity index is 646. The van der Waals surface area contributed by atoms with Crippen LogP contribution in [0.1, 0.15) is 29.9 Å². The summed E-state index contributed by atoms with van der Waals surface area (Å²) < 4.78 is 6.67. The van der Waals surface area contributed by atoms with Gasteiger partial charge in [-0.05, 0) is 19.9 Å². The second-order valence-corrected chi connectivity index (χ2v) is 4.12. The number of aromatic nitrogens is 4. The average molecular weight is 272 g/mol. The Hall–Kier alpha value is -2.50. The summed E-state index contributed by atoms with van der Waals surface area (Å²) in [5.41, 5.74) is 1.70. The van der Waals surface area contributed by atoms with Gasteiger partial charge in [-0.2, -0.15) is 5.10 Å². The van der Waals surface area contributed by atoms with Crippen LogP contribution in [-0.4, -0.2) is 32.3 Å². The zero-order chi connectivity index (χ0) is 14.5. The Kier molecular flexibility index (Phi) is 4.24. The highest BCUT2D eigenvalue weighted by molar-refractivity contribution is 5.92. The maximum absolute atomic E-state index is 11.8. The smallest absolute Gasteiger partial charge is 0.341 e. The minimum atomic E-state index is -0.418. The van der Waals surface area contributed by atoms with E-state index in [1.807, 2.05) is 26.2 Å². The first-order valence-corrected chi connectivity index (χ1v) is 6.31. The van der Waals surface area contributed by atoms with Crippen LogP contribution in [0.15, 0.2) is 24.7 Å². The Morgan fingerprint density at radius 1 is 1.45 bits per heavy atom. The second-order valence-electron chi connectivity index (χ2n) is 4.12. The fraction of sp³-hybridized carbons (Fsp3) is 0.286. The van der Waals surface area contributed by atoms with Gasteiger partial charge in [-0.15, -0.1) is 0 Å². The molecular formula is C14H16N4O2. The molecule has 0 spiro atoms. The molecule has 0 aliphatic rings. The third-order valence-electron chi connectivity index (χ3n) is 2.60. The van der Waals surface area contributed by atoms with E-state index >= 15 is 0 Å². The number of hydrogen-bond donors (Lipinski definition) is 0. The Labute approximate surface area is 117 Å². The van der Waals surface area contributed by atoms with Crippen LogP contribution in [0.2, 0.25) is 0 Å². The Balaban J connectivity index is 2.44. The second kappa shape index (κ2) is 6.10. The van der Waals surface area contributed by atoms with E-state index in [2.05, 4.69) is 15.1 Å². The summed E-state index contributed by atoms with van der Waals surface area (Å²) in [6.07, 6.45) is 8.56. The highest BCUT2D eigenvalue weighted by atomic mass is 16.5. The van der Waals surface area contributed by atoms with E-state index < -0.39 is 5.97 Å². The van der Waals surface area contributed by atoms with E-state index in [1.165, 1.54) is 6.20 Å². The van der Waals surface area contributed by atoms with Crippen molar-refractivity contribution in [2.24, 2.45) is 7.05 Å². The van der Waals surface area contributed by atoms with Crippen LogP contribution in [0, 0.1) is 0 Å². The van der Waals surface area contributed by atoms with E-state index in [4.69, 9.17) is 4.74 Å². The highest BCUT2D eigenvalue weighted by Crippen LogP contribution is 2.17. The van der Waals surface area contributed by atoms with Gasteiger partial charge in [0.2, 0.25) is 0 Å². The molecule has 0 atom stereocenters. The van der Waals surface area contributed by atoms with Gasteiger partial charge in [0.05, 0.1) is 24.1 Å². The number of esters is 1. The molecule has 0 unspecified atom stereocenters. The zero-order valence-electron chi connectivity index (χ0n) is 11.7. The Morgan fingerprint density at radius 3 is 2.85 bits per heavy atom. The van der Waals surface area contributed by atoms with Gasteiger partial charge >= 0.3 is 5.97 Å². The first kappa shape index (κ1) is 13.9. The van der Waals surface area contributed by atoms with Crippen molar-refractivity contribution < 1.29 is 9.53 Å². The lowest BCUT2D eigenvalue weighted by Crippen LogP contribution is -2.09. The third kappa shape index (κ3) is 2.90. The summed E-state index contributed by atoms with van der Waals surface area (Å²) in [7, 11) is 1.82. The largest absolute Gasteiger partial charge is 0.462 e. The third-order valence-corrected chi connectivity index (χ3v) is 2.60. The van der Waals surface area contributed by atoms with Gasteiger partial charge in [-0.3, -0.25) is 4.68 Å². The maximum Gasteiger partial charge on any atom is 0.341 e. The van der Waals surface area contributed by atoms with Crippen molar-refractivity contribution in [1.29, 1.82) is 0 Å². The maximum atomic E-state index is 11.8. The van der Waals surface area contributed by atoms with Crippen LogP contribution < -0.4 is 0 Å². The summed E-state index contributed by atoms with van der Waals surface area (Å²) in [5, 5.41) is 4.08. The standard InChI is InChI=1S/C14H16N4O2/c1-4-6-12-11(14(19)20-5-2)8-15-13(17-12)10-7-16-18(3)9-10/h4,6-9H,5H2,1-3H3/b6-4+. The number of carbonyl (C=O) groups excluding carboxylic acids is 1. The molecule has 0 N–H and O–H groups in total. The number of rotatable bonds is 4. The van der Waals surface area contributed by atoms with Crippen molar-refractivity contribution in [3.8, 4) is 11.4 Å². The normalized spacial score (nSPS) is 10.9. The molecule has 6 heteroatoms.